The standard InChI is InChI=1S/C15H17ClN4O3/c1-9(18-14(21)12-8-22-7-6-17-12)13-19-15(23-20-13)10-2-4-11(16)5-3-10/h2-5,9,12,17H,6-8H2,1H3,(H,18,21). The molecule has 7 nitrogen and oxygen atoms in total. The molecule has 0 aliphatic carbocycles. The maximum Gasteiger partial charge on any atom is 0.257 e. The van der Waals surface area contributed by atoms with Crippen LogP contribution >= 0.6 is 11.6 Å². The Balaban J connectivity index is 1.64. The number of hydrogen-bond donors (Lipinski definition) is 2. The first-order chi connectivity index (χ1) is 11.1. The maximum atomic E-state index is 12.1. The molecule has 23 heavy (non-hydrogen) atoms. The molecule has 2 unspecified atom stereocenters. The topological polar surface area (TPSA) is 89.3 Å². The van der Waals surface area contributed by atoms with E-state index in [2.05, 4.69) is 20.8 Å². The minimum atomic E-state index is -0.365. The Kier molecular flexibility index (Phi) is 4.90. The van der Waals surface area contributed by atoms with Crippen LogP contribution in [-0.4, -0.2) is 41.8 Å². The number of aromatic nitrogens is 2. The zero-order valence-corrected chi connectivity index (χ0v) is 13.3. The number of halogens is 1. The van der Waals surface area contributed by atoms with E-state index in [9.17, 15) is 4.79 Å². The summed E-state index contributed by atoms with van der Waals surface area (Å²) in [4.78, 5) is 16.5. The minimum Gasteiger partial charge on any atom is -0.378 e. The van der Waals surface area contributed by atoms with Crippen molar-refractivity contribution in [2.75, 3.05) is 19.8 Å². The summed E-state index contributed by atoms with van der Waals surface area (Å²) in [6, 6.07) is 6.38. The highest BCUT2D eigenvalue weighted by atomic mass is 35.5. The minimum absolute atomic E-state index is 0.143. The number of morpholine rings is 1. The van der Waals surface area contributed by atoms with Crippen LogP contribution in [0.5, 0.6) is 0 Å². The summed E-state index contributed by atoms with van der Waals surface area (Å²) in [5.74, 6) is 0.659. The lowest BCUT2D eigenvalue weighted by Gasteiger charge is -2.23. The molecule has 0 saturated carbocycles. The van der Waals surface area contributed by atoms with E-state index < -0.39 is 0 Å². The van der Waals surface area contributed by atoms with Gasteiger partial charge in [-0.1, -0.05) is 16.8 Å². The molecule has 2 aromatic rings. The van der Waals surface area contributed by atoms with Gasteiger partial charge in [-0.15, -0.1) is 0 Å². The average Bonchev–Trinajstić information content (AvgIpc) is 3.06. The van der Waals surface area contributed by atoms with Gasteiger partial charge in [0, 0.05) is 17.1 Å². The number of carbonyl (C=O) groups excluding carboxylic acids is 1. The highest BCUT2D eigenvalue weighted by Crippen LogP contribution is 2.21. The second kappa shape index (κ2) is 7.08. The van der Waals surface area contributed by atoms with Crippen LogP contribution in [0, 0.1) is 0 Å². The van der Waals surface area contributed by atoms with Gasteiger partial charge >= 0.3 is 0 Å². The van der Waals surface area contributed by atoms with Gasteiger partial charge in [-0.05, 0) is 31.2 Å². The SMILES string of the molecule is CC(NC(=O)C1COCCN1)c1noc(-c2ccc(Cl)cc2)n1. The number of nitrogens with zero attached hydrogens (tertiary/aromatic N) is 2. The van der Waals surface area contributed by atoms with E-state index in [0.29, 0.717) is 36.5 Å². The van der Waals surface area contributed by atoms with Crippen molar-refractivity contribution >= 4 is 17.5 Å². The molecule has 0 radical (unpaired) electrons. The third-order valence-electron chi connectivity index (χ3n) is 3.52. The van der Waals surface area contributed by atoms with Crippen molar-refractivity contribution in [2.24, 2.45) is 0 Å². The molecule has 1 aromatic carbocycles. The van der Waals surface area contributed by atoms with Gasteiger partial charge in [-0.25, -0.2) is 0 Å². The Labute approximate surface area is 138 Å². The Morgan fingerprint density at radius 2 is 2.22 bits per heavy atom. The van der Waals surface area contributed by atoms with Crippen LogP contribution in [0.1, 0.15) is 18.8 Å². The van der Waals surface area contributed by atoms with E-state index in [1.165, 1.54) is 0 Å². The fourth-order valence-corrected chi connectivity index (χ4v) is 2.36. The summed E-state index contributed by atoms with van der Waals surface area (Å²) in [5, 5.41) is 10.5. The van der Waals surface area contributed by atoms with Crippen molar-refractivity contribution in [3.8, 4) is 11.5 Å². The smallest absolute Gasteiger partial charge is 0.257 e. The summed E-state index contributed by atoms with van der Waals surface area (Å²) in [6.45, 7) is 3.45. The molecule has 2 N–H and O–H groups in total. The monoisotopic (exact) mass is 336 g/mol. The van der Waals surface area contributed by atoms with Crippen LogP contribution < -0.4 is 10.6 Å². The van der Waals surface area contributed by atoms with E-state index in [1.54, 1.807) is 31.2 Å². The molecular weight excluding hydrogens is 320 g/mol. The van der Waals surface area contributed by atoms with Crippen molar-refractivity contribution in [3.05, 3.63) is 35.1 Å². The van der Waals surface area contributed by atoms with E-state index in [4.69, 9.17) is 20.9 Å². The van der Waals surface area contributed by atoms with Crippen LogP contribution in [0.25, 0.3) is 11.5 Å². The van der Waals surface area contributed by atoms with Gasteiger partial charge < -0.3 is 19.9 Å². The van der Waals surface area contributed by atoms with Crippen molar-refractivity contribution < 1.29 is 14.1 Å². The molecule has 122 valence electrons. The molecule has 0 spiro atoms. The van der Waals surface area contributed by atoms with Gasteiger partial charge in [-0.2, -0.15) is 4.98 Å². The van der Waals surface area contributed by atoms with Gasteiger partial charge in [0.1, 0.15) is 6.04 Å². The van der Waals surface area contributed by atoms with Gasteiger partial charge in [0.15, 0.2) is 5.82 Å². The number of ether oxygens (including phenoxy) is 1. The summed E-state index contributed by atoms with van der Waals surface area (Å²) >= 11 is 5.86. The fraction of sp³-hybridized carbons (Fsp3) is 0.400. The number of carbonyl (C=O) groups is 1. The fourth-order valence-electron chi connectivity index (χ4n) is 2.23. The molecule has 1 fully saturated rings. The highest BCUT2D eigenvalue weighted by molar-refractivity contribution is 6.30. The number of hydrogen-bond acceptors (Lipinski definition) is 6. The zero-order valence-electron chi connectivity index (χ0n) is 12.6. The summed E-state index contributed by atoms with van der Waals surface area (Å²) in [7, 11) is 0. The first-order valence-corrected chi connectivity index (χ1v) is 7.72. The van der Waals surface area contributed by atoms with E-state index >= 15 is 0 Å². The molecule has 1 aliphatic rings. The lowest BCUT2D eigenvalue weighted by atomic mass is 10.2. The van der Waals surface area contributed by atoms with Gasteiger partial charge in [0.25, 0.3) is 5.89 Å². The first-order valence-electron chi connectivity index (χ1n) is 7.34. The number of amides is 1. The van der Waals surface area contributed by atoms with Crippen LogP contribution in [-0.2, 0) is 9.53 Å². The van der Waals surface area contributed by atoms with Crippen LogP contribution in [0.15, 0.2) is 28.8 Å². The molecular formula is C15H17ClN4O3. The predicted molar refractivity (Wildman–Crippen MR) is 83.9 cm³/mol. The van der Waals surface area contributed by atoms with E-state index in [1.807, 2.05) is 0 Å². The average molecular weight is 337 g/mol. The molecule has 2 atom stereocenters. The Morgan fingerprint density at radius 3 is 2.91 bits per heavy atom. The Morgan fingerprint density at radius 1 is 1.43 bits per heavy atom. The number of rotatable bonds is 4. The molecule has 2 heterocycles. The predicted octanol–water partition coefficient (Wildman–Crippen LogP) is 1.56. The van der Waals surface area contributed by atoms with Crippen LogP contribution in [0.3, 0.4) is 0 Å². The summed E-state index contributed by atoms with van der Waals surface area (Å²) in [5.41, 5.74) is 0.772. The molecule has 3 rings (SSSR count). The molecule has 1 aliphatic heterocycles. The van der Waals surface area contributed by atoms with Crippen molar-refractivity contribution in [3.63, 3.8) is 0 Å². The molecule has 1 saturated heterocycles. The second-order valence-electron chi connectivity index (χ2n) is 5.28. The van der Waals surface area contributed by atoms with E-state index in [0.717, 1.165) is 5.56 Å². The quantitative estimate of drug-likeness (QED) is 0.880. The largest absolute Gasteiger partial charge is 0.378 e. The normalized spacial score (nSPS) is 19.3. The van der Waals surface area contributed by atoms with E-state index in [-0.39, 0.29) is 18.0 Å². The molecule has 1 amide bonds. The van der Waals surface area contributed by atoms with Gasteiger partial charge in [0.05, 0.1) is 19.3 Å². The molecule has 8 heteroatoms. The van der Waals surface area contributed by atoms with Crippen molar-refractivity contribution in [1.29, 1.82) is 0 Å². The van der Waals surface area contributed by atoms with Crippen LogP contribution in [0.4, 0.5) is 0 Å². The van der Waals surface area contributed by atoms with Gasteiger partial charge in [-0.3, -0.25) is 4.79 Å². The number of benzene rings is 1. The summed E-state index contributed by atoms with van der Waals surface area (Å²) < 4.78 is 10.5. The Bertz CT molecular complexity index is 668. The Hall–Kier alpha value is -1.96. The van der Waals surface area contributed by atoms with Gasteiger partial charge in [0.2, 0.25) is 5.91 Å². The first kappa shape index (κ1) is 15.9. The highest BCUT2D eigenvalue weighted by Gasteiger charge is 2.24. The second-order valence-corrected chi connectivity index (χ2v) is 5.71. The molecule has 1 aromatic heterocycles. The lowest BCUT2D eigenvalue weighted by molar-refractivity contribution is -0.126. The molecule has 0 bridgehead atoms. The van der Waals surface area contributed by atoms with Crippen LogP contribution in [0.2, 0.25) is 5.02 Å². The lowest BCUT2D eigenvalue weighted by Crippen LogP contribution is -2.51. The third-order valence-corrected chi connectivity index (χ3v) is 3.77. The van der Waals surface area contributed by atoms with Crippen molar-refractivity contribution in [2.45, 2.75) is 19.0 Å². The number of nitrogens with one attached hydrogen (secondary N) is 2. The maximum absolute atomic E-state index is 12.1. The summed E-state index contributed by atoms with van der Waals surface area (Å²) in [6.07, 6.45) is 0. The zero-order chi connectivity index (χ0) is 16.2. The van der Waals surface area contributed by atoms with Crippen molar-refractivity contribution in [1.82, 2.24) is 20.8 Å². The third kappa shape index (κ3) is 3.87.